The van der Waals surface area contributed by atoms with E-state index >= 15 is 4.39 Å². The Morgan fingerprint density at radius 2 is 1.88 bits per heavy atom. The molecule has 174 valence electrons. The Kier molecular flexibility index (Phi) is 5.91. The first-order valence-corrected chi connectivity index (χ1v) is 10.7. The monoisotopic (exact) mass is 453 g/mol. The van der Waals surface area contributed by atoms with Crippen LogP contribution in [0.3, 0.4) is 0 Å². The Hall–Kier alpha value is -2.62. The average molecular weight is 453 g/mol. The fourth-order valence-corrected chi connectivity index (χ4v) is 4.93. The molecule has 0 amide bonds. The van der Waals surface area contributed by atoms with Crippen molar-refractivity contribution in [3.63, 3.8) is 0 Å². The second kappa shape index (κ2) is 8.38. The van der Waals surface area contributed by atoms with Gasteiger partial charge in [-0.3, -0.25) is 0 Å². The van der Waals surface area contributed by atoms with Crippen LogP contribution >= 0.6 is 0 Å². The molecule has 3 N–H and O–H groups in total. The number of benzene rings is 1. The maximum atomic E-state index is 15.1. The first-order chi connectivity index (χ1) is 15.1. The van der Waals surface area contributed by atoms with Crippen molar-refractivity contribution in [2.24, 2.45) is 5.92 Å². The molecule has 2 heterocycles. The third kappa shape index (κ3) is 3.96. The zero-order chi connectivity index (χ0) is 23.2. The smallest absolute Gasteiger partial charge is 0.417 e. The van der Waals surface area contributed by atoms with Gasteiger partial charge in [-0.2, -0.15) is 23.1 Å². The summed E-state index contributed by atoms with van der Waals surface area (Å²) in [6.45, 7) is 6.29. The minimum Gasteiger partial charge on any atom is -0.467 e. The van der Waals surface area contributed by atoms with E-state index in [1.54, 1.807) is 0 Å². The molecule has 2 aromatic rings. The Morgan fingerprint density at radius 3 is 2.50 bits per heavy atom. The summed E-state index contributed by atoms with van der Waals surface area (Å²) in [5.41, 5.74) is 5.59. The molecule has 1 aromatic heterocycles. The second-order valence-corrected chi connectivity index (χ2v) is 8.57. The lowest BCUT2D eigenvalue weighted by molar-refractivity contribution is -0.139. The van der Waals surface area contributed by atoms with Crippen molar-refractivity contribution in [1.82, 2.24) is 15.3 Å². The molecular weight excluding hydrogens is 426 g/mol. The van der Waals surface area contributed by atoms with E-state index in [0.717, 1.165) is 43.6 Å². The lowest BCUT2D eigenvalue weighted by atomic mass is 9.73. The van der Waals surface area contributed by atoms with E-state index in [1.807, 2.05) is 6.92 Å². The maximum absolute atomic E-state index is 15.1. The molecule has 4 rings (SSSR count). The Bertz CT molecular complexity index is 1020. The van der Waals surface area contributed by atoms with E-state index in [2.05, 4.69) is 20.2 Å². The number of nitrogens with zero attached hydrogens (tertiary/aromatic N) is 3. The van der Waals surface area contributed by atoms with Crippen molar-refractivity contribution in [1.29, 1.82) is 0 Å². The number of halogens is 4. The van der Waals surface area contributed by atoms with E-state index in [1.165, 1.54) is 14.0 Å². The van der Waals surface area contributed by atoms with Gasteiger partial charge in [0.1, 0.15) is 11.6 Å². The van der Waals surface area contributed by atoms with Gasteiger partial charge in [-0.1, -0.05) is 6.92 Å². The van der Waals surface area contributed by atoms with E-state index in [-0.39, 0.29) is 35.2 Å². The molecule has 2 atom stereocenters. The van der Waals surface area contributed by atoms with Crippen LogP contribution in [0, 0.1) is 18.7 Å². The van der Waals surface area contributed by atoms with E-state index in [4.69, 9.17) is 10.5 Å². The summed E-state index contributed by atoms with van der Waals surface area (Å²) in [6, 6.07) is 1.21. The molecule has 6 nitrogen and oxygen atoms in total. The molecular formula is C22H27F4N5O. The summed E-state index contributed by atoms with van der Waals surface area (Å²) >= 11 is 0. The number of hydrogen-bond donors (Lipinski definition) is 2. The predicted molar refractivity (Wildman–Crippen MR) is 114 cm³/mol. The minimum atomic E-state index is -4.69. The van der Waals surface area contributed by atoms with Crippen molar-refractivity contribution in [3.05, 3.63) is 39.8 Å². The number of aromatic nitrogens is 2. The van der Waals surface area contributed by atoms with Crippen molar-refractivity contribution in [2.75, 3.05) is 43.9 Å². The third-order valence-corrected chi connectivity index (χ3v) is 6.46. The highest BCUT2D eigenvalue weighted by Crippen LogP contribution is 2.47. The molecule has 0 spiro atoms. The topological polar surface area (TPSA) is 76.3 Å². The minimum absolute atomic E-state index is 0.0776. The molecule has 2 aliphatic rings. The highest BCUT2D eigenvalue weighted by molar-refractivity contribution is 5.56. The largest absolute Gasteiger partial charge is 0.467 e. The highest BCUT2D eigenvalue weighted by Gasteiger charge is 2.42. The molecule has 1 aromatic carbocycles. The van der Waals surface area contributed by atoms with Gasteiger partial charge < -0.3 is 20.7 Å². The van der Waals surface area contributed by atoms with Crippen LogP contribution in [0.4, 0.5) is 29.1 Å². The second-order valence-electron chi connectivity index (χ2n) is 8.57. The lowest BCUT2D eigenvalue weighted by Gasteiger charge is -2.36. The van der Waals surface area contributed by atoms with Crippen LogP contribution in [0.1, 0.15) is 40.8 Å². The number of nitrogen functional groups attached to an aromatic ring is 1. The van der Waals surface area contributed by atoms with Gasteiger partial charge in [-0.25, -0.2) is 4.39 Å². The summed E-state index contributed by atoms with van der Waals surface area (Å²) in [5.74, 6) is -1.24. The normalized spacial score (nSPS) is 21.4. The van der Waals surface area contributed by atoms with Crippen LogP contribution in [0.15, 0.2) is 6.07 Å². The van der Waals surface area contributed by atoms with Crippen LogP contribution in [0.2, 0.25) is 0 Å². The Labute approximate surface area is 184 Å². The van der Waals surface area contributed by atoms with Crippen molar-refractivity contribution >= 4 is 11.5 Å². The van der Waals surface area contributed by atoms with Crippen LogP contribution in [0.5, 0.6) is 6.01 Å². The van der Waals surface area contributed by atoms with Gasteiger partial charge in [0.15, 0.2) is 0 Å². The number of methoxy groups -OCH3 is 1. The zero-order valence-electron chi connectivity index (χ0n) is 18.3. The van der Waals surface area contributed by atoms with E-state index in [9.17, 15) is 13.2 Å². The number of ether oxygens (including phenoxy) is 1. The number of anilines is 2. The van der Waals surface area contributed by atoms with E-state index < -0.39 is 23.5 Å². The number of fused-ring (bicyclic) bond motifs is 1. The van der Waals surface area contributed by atoms with Gasteiger partial charge in [-0.05, 0) is 43.2 Å². The van der Waals surface area contributed by atoms with Gasteiger partial charge in [0.05, 0.1) is 24.1 Å². The van der Waals surface area contributed by atoms with Gasteiger partial charge in [0, 0.05) is 37.3 Å². The molecule has 0 saturated carbocycles. The van der Waals surface area contributed by atoms with Crippen LogP contribution in [-0.4, -0.2) is 43.3 Å². The Morgan fingerprint density at radius 1 is 1.19 bits per heavy atom. The first kappa shape index (κ1) is 22.6. The maximum Gasteiger partial charge on any atom is 0.417 e. The molecule has 0 radical (unpaired) electrons. The quantitative estimate of drug-likeness (QED) is 0.548. The number of aryl methyl sites for hydroxylation is 1. The van der Waals surface area contributed by atoms with Crippen molar-refractivity contribution < 1.29 is 22.3 Å². The fraction of sp³-hybridized carbons (Fsp3) is 0.545. The standard InChI is InChI=1S/C22H27F4N5O/c1-11-8-14-16(29-21(32-3)30-20(14)31-6-4-28-5-7-31)10-13(11)17-18(22(24,25)26)12(2)9-15(27)19(17)23/h9,11,13,28H,4-8,10,27H2,1-3H3. The third-order valence-electron chi connectivity index (χ3n) is 6.46. The van der Waals surface area contributed by atoms with Crippen LogP contribution in [0.25, 0.3) is 0 Å². The summed E-state index contributed by atoms with van der Waals surface area (Å²) in [6.07, 6.45) is -4.10. The lowest BCUT2D eigenvalue weighted by Crippen LogP contribution is -2.44. The van der Waals surface area contributed by atoms with Crippen LogP contribution < -0.4 is 20.7 Å². The number of nitrogens with one attached hydrogen (secondary N) is 1. The highest BCUT2D eigenvalue weighted by atomic mass is 19.4. The summed E-state index contributed by atoms with van der Waals surface area (Å²) < 4.78 is 62.3. The number of rotatable bonds is 3. The number of hydrogen-bond acceptors (Lipinski definition) is 6. The van der Waals surface area contributed by atoms with Crippen LogP contribution in [-0.2, 0) is 19.0 Å². The number of alkyl halides is 3. The number of nitrogens with two attached hydrogens (primary N) is 1. The van der Waals surface area contributed by atoms with Gasteiger partial charge in [0.25, 0.3) is 0 Å². The van der Waals surface area contributed by atoms with Gasteiger partial charge in [-0.15, -0.1) is 0 Å². The Balaban J connectivity index is 1.83. The SMILES string of the molecule is COc1nc2c(c(N3CCNCC3)n1)CC(C)C(c1c(F)c(N)cc(C)c1C(F)(F)F)C2. The summed E-state index contributed by atoms with van der Waals surface area (Å²) in [5, 5.41) is 3.29. The molecule has 1 aliphatic heterocycles. The summed E-state index contributed by atoms with van der Waals surface area (Å²) in [7, 11) is 1.45. The number of piperazine rings is 1. The fourth-order valence-electron chi connectivity index (χ4n) is 4.93. The molecule has 0 bridgehead atoms. The molecule has 1 saturated heterocycles. The molecule has 1 fully saturated rings. The van der Waals surface area contributed by atoms with Gasteiger partial charge >= 0.3 is 12.2 Å². The van der Waals surface area contributed by atoms with Crippen molar-refractivity contribution in [2.45, 2.75) is 38.8 Å². The van der Waals surface area contributed by atoms with E-state index in [0.29, 0.717) is 12.1 Å². The molecule has 2 unspecified atom stereocenters. The molecule has 10 heteroatoms. The van der Waals surface area contributed by atoms with Gasteiger partial charge in [0.2, 0.25) is 0 Å². The predicted octanol–water partition coefficient (Wildman–Crippen LogP) is 3.46. The van der Waals surface area contributed by atoms with Crippen molar-refractivity contribution in [3.8, 4) is 6.01 Å². The zero-order valence-corrected chi connectivity index (χ0v) is 18.3. The average Bonchev–Trinajstić information content (AvgIpc) is 2.74. The first-order valence-electron chi connectivity index (χ1n) is 10.7. The summed E-state index contributed by atoms with van der Waals surface area (Å²) in [4.78, 5) is 11.1. The molecule has 1 aliphatic carbocycles. The molecule has 32 heavy (non-hydrogen) atoms.